The number of methoxy groups -OCH3 is 1. The molecule has 21 heavy (non-hydrogen) atoms. The van der Waals surface area contributed by atoms with E-state index >= 15 is 0 Å². The molecule has 0 aliphatic heterocycles. The highest BCUT2D eigenvalue weighted by Gasteiger charge is 2.03. The highest BCUT2D eigenvalue weighted by atomic mass is 32.1. The molecule has 0 fully saturated rings. The van der Waals surface area contributed by atoms with Gasteiger partial charge >= 0.3 is 0 Å². The van der Waals surface area contributed by atoms with E-state index in [2.05, 4.69) is 11.8 Å². The van der Waals surface area contributed by atoms with E-state index in [4.69, 9.17) is 14.6 Å². The molecule has 0 unspecified atom stereocenters. The Kier molecular flexibility index (Phi) is 6.29. The zero-order chi connectivity index (χ0) is 14.9. The van der Waals surface area contributed by atoms with Crippen molar-refractivity contribution in [2.45, 2.75) is 19.6 Å². The summed E-state index contributed by atoms with van der Waals surface area (Å²) in [4.78, 5) is 1.11. The van der Waals surface area contributed by atoms with Crippen LogP contribution in [-0.4, -0.2) is 18.8 Å². The van der Waals surface area contributed by atoms with E-state index in [9.17, 15) is 0 Å². The number of aliphatic hydroxyl groups is 1. The van der Waals surface area contributed by atoms with Gasteiger partial charge in [-0.3, -0.25) is 0 Å². The van der Waals surface area contributed by atoms with Gasteiger partial charge in [0.1, 0.15) is 5.75 Å². The van der Waals surface area contributed by atoms with Gasteiger partial charge in [-0.25, -0.2) is 0 Å². The predicted octanol–water partition coefficient (Wildman–Crippen LogP) is 3.21. The lowest BCUT2D eigenvalue weighted by molar-refractivity contribution is 0.109. The van der Waals surface area contributed by atoms with Crippen molar-refractivity contribution >= 4 is 11.3 Å². The third kappa shape index (κ3) is 4.91. The topological polar surface area (TPSA) is 38.7 Å². The number of hydrogen-bond donors (Lipinski definition) is 1. The lowest BCUT2D eigenvalue weighted by atomic mass is 10.2. The first-order valence-electron chi connectivity index (χ1n) is 6.70. The van der Waals surface area contributed by atoms with Crippen molar-refractivity contribution in [2.24, 2.45) is 0 Å². The molecule has 2 aromatic rings. The van der Waals surface area contributed by atoms with Crippen LogP contribution in [0.15, 0.2) is 35.7 Å². The third-order valence-corrected chi connectivity index (χ3v) is 3.74. The van der Waals surface area contributed by atoms with Crippen LogP contribution in [0.1, 0.15) is 22.4 Å². The van der Waals surface area contributed by atoms with Crippen molar-refractivity contribution in [2.75, 3.05) is 13.7 Å². The number of benzene rings is 1. The second-order valence-corrected chi connectivity index (χ2v) is 5.38. The highest BCUT2D eigenvalue weighted by Crippen LogP contribution is 2.18. The predicted molar refractivity (Wildman–Crippen MR) is 84.4 cm³/mol. The lowest BCUT2D eigenvalue weighted by Gasteiger charge is -2.05. The average Bonchev–Trinajstić information content (AvgIpc) is 2.95. The Bertz CT molecular complexity index is 622. The summed E-state index contributed by atoms with van der Waals surface area (Å²) < 4.78 is 10.9. The fraction of sp³-hybridized carbons (Fsp3) is 0.294. The summed E-state index contributed by atoms with van der Waals surface area (Å²) in [6.07, 6.45) is 0.500. The number of rotatable bonds is 6. The first-order valence-corrected chi connectivity index (χ1v) is 7.58. The van der Waals surface area contributed by atoms with Crippen LogP contribution in [0, 0.1) is 11.8 Å². The first-order chi connectivity index (χ1) is 10.3. The summed E-state index contributed by atoms with van der Waals surface area (Å²) in [5.41, 5.74) is 2.07. The van der Waals surface area contributed by atoms with Gasteiger partial charge in [0.15, 0.2) is 0 Å². The zero-order valence-electron chi connectivity index (χ0n) is 12.0. The summed E-state index contributed by atoms with van der Waals surface area (Å²) in [7, 11) is 1.66. The zero-order valence-corrected chi connectivity index (χ0v) is 12.8. The summed E-state index contributed by atoms with van der Waals surface area (Å²) in [6.45, 7) is 1.18. The second kappa shape index (κ2) is 8.48. The fourth-order valence-corrected chi connectivity index (χ4v) is 2.57. The number of ether oxygens (including phenoxy) is 2. The van der Waals surface area contributed by atoms with Crippen molar-refractivity contribution in [1.29, 1.82) is 0 Å². The van der Waals surface area contributed by atoms with Crippen molar-refractivity contribution in [3.63, 3.8) is 0 Å². The van der Waals surface area contributed by atoms with Crippen LogP contribution in [-0.2, 0) is 18.0 Å². The Labute approximate surface area is 129 Å². The molecule has 0 spiro atoms. The first kappa shape index (κ1) is 15.6. The molecule has 0 aliphatic rings. The van der Waals surface area contributed by atoms with E-state index in [1.165, 1.54) is 0 Å². The fourth-order valence-electron chi connectivity index (χ4n) is 1.80. The molecule has 0 radical (unpaired) electrons. The number of hydrogen-bond acceptors (Lipinski definition) is 4. The van der Waals surface area contributed by atoms with Crippen LogP contribution in [0.5, 0.6) is 5.75 Å². The van der Waals surface area contributed by atoms with Gasteiger partial charge < -0.3 is 14.6 Å². The van der Waals surface area contributed by atoms with Gasteiger partial charge in [-0.2, -0.15) is 0 Å². The molecule has 1 heterocycles. The SMILES string of the molecule is COc1cccc(COCc2sccc2C#CCCO)c1. The molecule has 2 rings (SSSR count). The van der Waals surface area contributed by atoms with Gasteiger partial charge in [0.2, 0.25) is 0 Å². The Hall–Kier alpha value is -1.80. The lowest BCUT2D eigenvalue weighted by Crippen LogP contribution is -1.94. The molecule has 4 heteroatoms. The Balaban J connectivity index is 1.89. The molecule has 1 N–H and O–H groups in total. The molecule has 0 aliphatic carbocycles. The Morgan fingerprint density at radius 3 is 2.95 bits per heavy atom. The molecule has 0 saturated heterocycles. The van der Waals surface area contributed by atoms with E-state index in [1.54, 1.807) is 18.4 Å². The maximum atomic E-state index is 8.74. The third-order valence-electron chi connectivity index (χ3n) is 2.84. The quantitative estimate of drug-likeness (QED) is 0.833. The molecule has 0 atom stereocenters. The van der Waals surface area contributed by atoms with Crippen LogP contribution in [0.4, 0.5) is 0 Å². The van der Waals surface area contributed by atoms with E-state index in [1.807, 2.05) is 35.7 Å². The number of aliphatic hydroxyl groups excluding tert-OH is 1. The van der Waals surface area contributed by atoms with Gasteiger partial charge in [-0.15, -0.1) is 11.3 Å². The average molecular weight is 302 g/mol. The molecule has 1 aromatic carbocycles. The molecule has 0 amide bonds. The van der Waals surface area contributed by atoms with Crippen molar-refractivity contribution < 1.29 is 14.6 Å². The van der Waals surface area contributed by atoms with Crippen LogP contribution < -0.4 is 4.74 Å². The smallest absolute Gasteiger partial charge is 0.119 e. The second-order valence-electron chi connectivity index (χ2n) is 4.38. The number of thiophene rings is 1. The largest absolute Gasteiger partial charge is 0.497 e. The molecular weight excluding hydrogens is 284 g/mol. The minimum atomic E-state index is 0.0960. The van der Waals surface area contributed by atoms with Crippen LogP contribution in [0.25, 0.3) is 0 Å². The van der Waals surface area contributed by atoms with E-state index in [0.29, 0.717) is 19.6 Å². The summed E-state index contributed by atoms with van der Waals surface area (Å²) >= 11 is 1.64. The summed E-state index contributed by atoms with van der Waals surface area (Å²) in [5.74, 6) is 6.83. The standard InChI is InChI=1S/C17H18O3S/c1-19-16-7-4-5-14(11-16)12-20-13-17-15(8-10-21-17)6-2-3-9-18/h4-5,7-8,10-11,18H,3,9,12-13H2,1H3. The molecular formula is C17H18O3S. The molecule has 0 saturated carbocycles. The van der Waals surface area contributed by atoms with Gasteiger partial charge in [0.05, 0.1) is 26.9 Å². The molecule has 0 bridgehead atoms. The van der Waals surface area contributed by atoms with Crippen molar-refractivity contribution in [3.8, 4) is 17.6 Å². The van der Waals surface area contributed by atoms with Gasteiger partial charge in [0.25, 0.3) is 0 Å². The maximum absolute atomic E-state index is 8.74. The Morgan fingerprint density at radius 1 is 1.24 bits per heavy atom. The minimum absolute atomic E-state index is 0.0960. The highest BCUT2D eigenvalue weighted by molar-refractivity contribution is 7.10. The van der Waals surface area contributed by atoms with E-state index in [0.717, 1.165) is 21.8 Å². The monoisotopic (exact) mass is 302 g/mol. The van der Waals surface area contributed by atoms with Crippen molar-refractivity contribution in [3.05, 3.63) is 51.7 Å². The van der Waals surface area contributed by atoms with Gasteiger partial charge in [0, 0.05) is 16.9 Å². The van der Waals surface area contributed by atoms with Crippen LogP contribution in [0.2, 0.25) is 0 Å². The van der Waals surface area contributed by atoms with Gasteiger partial charge in [-0.1, -0.05) is 24.0 Å². The molecule has 110 valence electrons. The van der Waals surface area contributed by atoms with Gasteiger partial charge in [-0.05, 0) is 29.1 Å². The normalized spacial score (nSPS) is 10.0. The summed E-state index contributed by atoms with van der Waals surface area (Å²) in [6, 6.07) is 9.83. The minimum Gasteiger partial charge on any atom is -0.497 e. The van der Waals surface area contributed by atoms with E-state index in [-0.39, 0.29) is 6.61 Å². The summed E-state index contributed by atoms with van der Waals surface area (Å²) in [5, 5.41) is 10.7. The van der Waals surface area contributed by atoms with Crippen molar-refractivity contribution in [1.82, 2.24) is 0 Å². The molecule has 3 nitrogen and oxygen atoms in total. The van der Waals surface area contributed by atoms with E-state index < -0.39 is 0 Å². The Morgan fingerprint density at radius 2 is 2.14 bits per heavy atom. The van der Waals surface area contributed by atoms with Crippen LogP contribution in [0.3, 0.4) is 0 Å². The maximum Gasteiger partial charge on any atom is 0.119 e. The van der Waals surface area contributed by atoms with Crippen LogP contribution >= 0.6 is 11.3 Å². The molecule has 1 aromatic heterocycles.